The van der Waals surface area contributed by atoms with Crippen LogP contribution in [0.5, 0.6) is 5.75 Å². The Hall–Kier alpha value is -3.10. The average molecular weight is 471 g/mol. The molecule has 2 heterocycles. The molecule has 2 aliphatic rings. The first-order valence-electron chi connectivity index (χ1n) is 10.0. The van der Waals surface area contributed by atoms with E-state index in [1.807, 2.05) is 0 Å². The van der Waals surface area contributed by atoms with Gasteiger partial charge in [0.05, 0.1) is 15.5 Å². The molecule has 164 valence electrons. The number of ether oxygens (including phenoxy) is 1. The van der Waals surface area contributed by atoms with Crippen LogP contribution in [0.4, 0.5) is 4.79 Å². The zero-order chi connectivity index (χ0) is 22.7. The van der Waals surface area contributed by atoms with Gasteiger partial charge >= 0.3 is 5.97 Å². The van der Waals surface area contributed by atoms with Crippen molar-refractivity contribution in [3.8, 4) is 5.75 Å². The molecule has 2 aromatic rings. The Morgan fingerprint density at radius 2 is 1.81 bits per heavy atom. The molecule has 0 aromatic heterocycles. The second kappa shape index (κ2) is 9.58. The molecule has 9 heteroatoms. The van der Waals surface area contributed by atoms with E-state index < -0.39 is 17.1 Å². The van der Waals surface area contributed by atoms with Crippen molar-refractivity contribution < 1.29 is 23.9 Å². The number of hydrogen-bond donors (Lipinski definition) is 0. The van der Waals surface area contributed by atoms with Crippen molar-refractivity contribution >= 4 is 52.5 Å². The van der Waals surface area contributed by atoms with Gasteiger partial charge in [0.25, 0.3) is 11.1 Å². The van der Waals surface area contributed by atoms with E-state index in [1.54, 1.807) is 53.4 Å². The van der Waals surface area contributed by atoms with Crippen LogP contribution in [0.25, 0.3) is 6.08 Å². The van der Waals surface area contributed by atoms with Gasteiger partial charge in [0, 0.05) is 13.1 Å². The Balaban J connectivity index is 1.46. The highest BCUT2D eigenvalue weighted by atomic mass is 35.5. The highest BCUT2D eigenvalue weighted by Gasteiger charge is 2.37. The van der Waals surface area contributed by atoms with E-state index in [0.29, 0.717) is 18.7 Å². The molecular weight excluding hydrogens is 452 g/mol. The largest absolute Gasteiger partial charge is 0.423 e. The lowest BCUT2D eigenvalue weighted by molar-refractivity contribution is -0.135. The number of imide groups is 1. The van der Waals surface area contributed by atoms with Crippen molar-refractivity contribution in [2.45, 2.75) is 12.8 Å². The zero-order valence-electron chi connectivity index (χ0n) is 17.0. The molecule has 0 unspecified atom stereocenters. The van der Waals surface area contributed by atoms with Gasteiger partial charge in [-0.3, -0.25) is 19.3 Å². The summed E-state index contributed by atoms with van der Waals surface area (Å²) in [7, 11) is 0. The van der Waals surface area contributed by atoms with E-state index >= 15 is 0 Å². The fourth-order valence-corrected chi connectivity index (χ4v) is 4.50. The van der Waals surface area contributed by atoms with Crippen molar-refractivity contribution in [2.24, 2.45) is 0 Å². The smallest absolute Gasteiger partial charge is 0.345 e. The Morgan fingerprint density at radius 1 is 1.06 bits per heavy atom. The third-order valence-electron chi connectivity index (χ3n) is 5.09. The lowest BCUT2D eigenvalue weighted by Crippen LogP contribution is -2.40. The first-order chi connectivity index (χ1) is 15.4. The number of amides is 3. The molecule has 2 fully saturated rings. The monoisotopic (exact) mass is 470 g/mol. The Bertz CT molecular complexity index is 1130. The summed E-state index contributed by atoms with van der Waals surface area (Å²) >= 11 is 6.82. The van der Waals surface area contributed by atoms with E-state index in [2.05, 4.69) is 0 Å². The lowest BCUT2D eigenvalue weighted by atomic mass is 10.2. The van der Waals surface area contributed by atoms with Crippen LogP contribution >= 0.6 is 23.4 Å². The number of hydrogen-bond acceptors (Lipinski definition) is 6. The molecule has 2 saturated heterocycles. The Kier molecular flexibility index (Phi) is 6.62. The van der Waals surface area contributed by atoms with Crippen LogP contribution in [-0.2, 0) is 9.59 Å². The van der Waals surface area contributed by atoms with Gasteiger partial charge in [-0.05, 0) is 60.5 Å². The minimum Gasteiger partial charge on any atom is -0.423 e. The standard InChI is InChI=1S/C23H19ClN2O5S/c24-18-9-2-1-8-17(18)22(29)31-16-7-5-6-15(12-16)13-19-21(28)26(23(30)32-19)14-20(27)25-10-3-4-11-25/h1-2,5-9,12-13H,3-4,10-11,14H2/b19-13-. The number of nitrogens with zero attached hydrogens (tertiary/aromatic N) is 2. The van der Waals surface area contributed by atoms with E-state index in [1.165, 1.54) is 6.08 Å². The molecule has 0 spiro atoms. The molecule has 0 N–H and O–H groups in total. The zero-order valence-corrected chi connectivity index (χ0v) is 18.5. The number of carbonyl (C=O) groups excluding carboxylic acids is 4. The number of halogens is 1. The summed E-state index contributed by atoms with van der Waals surface area (Å²) in [6, 6.07) is 13.1. The number of esters is 1. The summed E-state index contributed by atoms with van der Waals surface area (Å²) in [6.45, 7) is 1.06. The lowest BCUT2D eigenvalue weighted by Gasteiger charge is -2.18. The second-order valence-corrected chi connectivity index (χ2v) is 8.70. The molecule has 3 amide bonds. The number of likely N-dealkylation sites (tertiary alicyclic amines) is 1. The summed E-state index contributed by atoms with van der Waals surface area (Å²) in [6.07, 6.45) is 3.41. The van der Waals surface area contributed by atoms with Crippen molar-refractivity contribution in [3.05, 3.63) is 69.6 Å². The normalized spacial score (nSPS) is 17.3. The third-order valence-corrected chi connectivity index (χ3v) is 6.32. The summed E-state index contributed by atoms with van der Waals surface area (Å²) in [5, 5.41) is -0.194. The minimum atomic E-state index is -0.603. The molecule has 32 heavy (non-hydrogen) atoms. The molecule has 7 nitrogen and oxygen atoms in total. The van der Waals surface area contributed by atoms with Crippen LogP contribution in [0.3, 0.4) is 0 Å². The molecular formula is C23H19ClN2O5S. The van der Waals surface area contributed by atoms with Crippen LogP contribution in [-0.4, -0.2) is 52.5 Å². The summed E-state index contributed by atoms with van der Waals surface area (Å²) in [5.41, 5.74) is 0.814. The van der Waals surface area contributed by atoms with E-state index in [-0.39, 0.29) is 33.7 Å². The quantitative estimate of drug-likeness (QED) is 0.369. The molecule has 0 atom stereocenters. The van der Waals surface area contributed by atoms with Gasteiger partial charge in [0.2, 0.25) is 5.91 Å². The van der Waals surface area contributed by atoms with Gasteiger partial charge < -0.3 is 9.64 Å². The van der Waals surface area contributed by atoms with Crippen LogP contribution in [0, 0.1) is 0 Å². The van der Waals surface area contributed by atoms with Crippen molar-refractivity contribution in [3.63, 3.8) is 0 Å². The number of benzene rings is 2. The maximum Gasteiger partial charge on any atom is 0.345 e. The fraction of sp³-hybridized carbons (Fsp3) is 0.217. The maximum atomic E-state index is 12.7. The van der Waals surface area contributed by atoms with Crippen molar-refractivity contribution in [2.75, 3.05) is 19.6 Å². The van der Waals surface area contributed by atoms with Crippen LogP contribution in [0.2, 0.25) is 5.02 Å². The summed E-state index contributed by atoms with van der Waals surface area (Å²) < 4.78 is 5.39. The topological polar surface area (TPSA) is 84.0 Å². The third kappa shape index (κ3) is 4.87. The highest BCUT2D eigenvalue weighted by molar-refractivity contribution is 8.18. The van der Waals surface area contributed by atoms with Gasteiger partial charge in [-0.2, -0.15) is 0 Å². The fourth-order valence-electron chi connectivity index (χ4n) is 3.45. The molecule has 2 aromatic carbocycles. The van der Waals surface area contributed by atoms with E-state index in [9.17, 15) is 19.2 Å². The molecule has 0 saturated carbocycles. The summed E-state index contributed by atoms with van der Waals surface area (Å²) in [5.74, 6) is -1.06. The van der Waals surface area contributed by atoms with Gasteiger partial charge in [0.15, 0.2) is 0 Å². The number of rotatable bonds is 5. The second-order valence-electron chi connectivity index (χ2n) is 7.30. The van der Waals surface area contributed by atoms with Gasteiger partial charge in [-0.25, -0.2) is 4.79 Å². The maximum absolute atomic E-state index is 12.7. The van der Waals surface area contributed by atoms with Gasteiger partial charge in [-0.1, -0.05) is 35.9 Å². The summed E-state index contributed by atoms with van der Waals surface area (Å²) in [4.78, 5) is 52.6. The Labute approximate surface area is 194 Å². The van der Waals surface area contributed by atoms with Crippen LogP contribution < -0.4 is 4.74 Å². The predicted molar refractivity (Wildman–Crippen MR) is 121 cm³/mol. The van der Waals surface area contributed by atoms with Crippen LogP contribution in [0.1, 0.15) is 28.8 Å². The van der Waals surface area contributed by atoms with E-state index in [4.69, 9.17) is 16.3 Å². The molecule has 0 bridgehead atoms. The first-order valence-corrected chi connectivity index (χ1v) is 11.2. The highest BCUT2D eigenvalue weighted by Crippen LogP contribution is 2.33. The first kappa shape index (κ1) is 22.1. The number of thioether (sulfide) groups is 1. The van der Waals surface area contributed by atoms with Crippen molar-refractivity contribution in [1.29, 1.82) is 0 Å². The van der Waals surface area contributed by atoms with Gasteiger partial charge in [-0.15, -0.1) is 0 Å². The van der Waals surface area contributed by atoms with Crippen molar-refractivity contribution in [1.82, 2.24) is 9.80 Å². The van der Waals surface area contributed by atoms with E-state index in [0.717, 1.165) is 29.5 Å². The SMILES string of the molecule is O=C(Oc1cccc(/C=C2\SC(=O)N(CC(=O)N3CCCC3)C2=O)c1)c1ccccc1Cl. The molecule has 2 aliphatic heterocycles. The average Bonchev–Trinajstić information content (AvgIpc) is 3.39. The predicted octanol–water partition coefficient (Wildman–Crippen LogP) is 4.22. The molecule has 4 rings (SSSR count). The van der Waals surface area contributed by atoms with Gasteiger partial charge in [0.1, 0.15) is 12.3 Å². The number of carbonyl (C=O) groups is 4. The minimum absolute atomic E-state index is 0.207. The molecule has 0 radical (unpaired) electrons. The van der Waals surface area contributed by atoms with Crippen LogP contribution in [0.15, 0.2) is 53.4 Å². The Morgan fingerprint density at radius 3 is 2.56 bits per heavy atom. The molecule has 0 aliphatic carbocycles.